The highest BCUT2D eigenvalue weighted by atomic mass is 35.5. The van der Waals surface area contributed by atoms with E-state index in [-0.39, 0.29) is 18.0 Å². The zero-order chi connectivity index (χ0) is 22.0. The molecule has 0 aliphatic heterocycles. The Morgan fingerprint density at radius 2 is 1.71 bits per heavy atom. The normalized spacial score (nSPS) is 11.1. The monoisotopic (exact) mass is 434 g/mol. The number of rotatable bonds is 6. The molecule has 1 amide bonds. The summed E-state index contributed by atoms with van der Waals surface area (Å²) in [5.74, 6) is -0.276. The number of nitrogens with zero attached hydrogens (tertiary/aromatic N) is 3. The second kappa shape index (κ2) is 8.78. The standard InChI is InChI=1S/C24H23ClN4O2/c1-16-21-13-27-29(15-22(30)26-12-18-8-10-20(25)11-9-18)24(31)23(21)17(2)28(16)14-19-6-4-3-5-7-19/h3-11,13H,12,14-15H2,1-2H3,(H,26,30). The number of hydrogen-bond donors (Lipinski definition) is 1. The smallest absolute Gasteiger partial charge is 0.276 e. The third-order valence-corrected chi connectivity index (χ3v) is 5.74. The number of carbonyl (C=O) groups is 1. The molecule has 0 saturated heterocycles. The van der Waals surface area contributed by atoms with Gasteiger partial charge in [-0.25, -0.2) is 4.68 Å². The summed E-state index contributed by atoms with van der Waals surface area (Å²) < 4.78 is 3.34. The molecule has 0 atom stereocenters. The summed E-state index contributed by atoms with van der Waals surface area (Å²) in [6, 6.07) is 17.3. The van der Waals surface area contributed by atoms with E-state index in [9.17, 15) is 9.59 Å². The molecule has 0 radical (unpaired) electrons. The first-order valence-electron chi connectivity index (χ1n) is 10.0. The van der Waals surface area contributed by atoms with Gasteiger partial charge in [0.2, 0.25) is 5.91 Å². The van der Waals surface area contributed by atoms with Crippen molar-refractivity contribution in [3.8, 4) is 0 Å². The maximum absolute atomic E-state index is 13.1. The molecule has 0 fully saturated rings. The second-order valence-corrected chi connectivity index (χ2v) is 7.98. The van der Waals surface area contributed by atoms with Crippen molar-refractivity contribution in [3.63, 3.8) is 0 Å². The molecule has 0 unspecified atom stereocenters. The van der Waals surface area contributed by atoms with Crippen LogP contribution < -0.4 is 10.9 Å². The Labute approximate surface area is 185 Å². The number of nitrogens with one attached hydrogen (secondary N) is 1. The van der Waals surface area contributed by atoms with E-state index in [4.69, 9.17) is 11.6 Å². The van der Waals surface area contributed by atoms with Gasteiger partial charge in [-0.1, -0.05) is 54.1 Å². The molecule has 2 aromatic heterocycles. The Morgan fingerprint density at radius 3 is 2.42 bits per heavy atom. The molecule has 31 heavy (non-hydrogen) atoms. The summed E-state index contributed by atoms with van der Waals surface area (Å²) in [4.78, 5) is 25.5. The van der Waals surface area contributed by atoms with Gasteiger partial charge in [-0.3, -0.25) is 9.59 Å². The van der Waals surface area contributed by atoms with E-state index in [1.807, 2.05) is 44.2 Å². The predicted molar refractivity (Wildman–Crippen MR) is 122 cm³/mol. The highest BCUT2D eigenvalue weighted by molar-refractivity contribution is 6.30. The van der Waals surface area contributed by atoms with Crippen LogP contribution in [-0.4, -0.2) is 20.3 Å². The molecule has 4 rings (SSSR count). The third kappa shape index (κ3) is 4.39. The molecule has 2 aromatic carbocycles. The quantitative estimate of drug-likeness (QED) is 0.501. The van der Waals surface area contributed by atoms with Gasteiger partial charge in [0.05, 0.1) is 11.6 Å². The molecule has 4 aromatic rings. The van der Waals surface area contributed by atoms with Crippen molar-refractivity contribution in [2.75, 3.05) is 0 Å². The van der Waals surface area contributed by atoms with Crippen LogP contribution in [0.1, 0.15) is 22.5 Å². The molecule has 0 aliphatic rings. The zero-order valence-electron chi connectivity index (χ0n) is 17.4. The van der Waals surface area contributed by atoms with E-state index in [1.165, 1.54) is 4.68 Å². The van der Waals surface area contributed by atoms with Crippen LogP contribution in [0.25, 0.3) is 10.8 Å². The van der Waals surface area contributed by atoms with Gasteiger partial charge in [0.15, 0.2) is 0 Å². The number of carbonyl (C=O) groups excluding carboxylic acids is 1. The largest absolute Gasteiger partial charge is 0.350 e. The number of aromatic nitrogens is 3. The van der Waals surface area contributed by atoms with Crippen LogP contribution in [0, 0.1) is 13.8 Å². The van der Waals surface area contributed by atoms with Crippen molar-refractivity contribution in [1.29, 1.82) is 0 Å². The van der Waals surface area contributed by atoms with E-state index < -0.39 is 0 Å². The van der Waals surface area contributed by atoms with Gasteiger partial charge in [0.1, 0.15) is 6.54 Å². The average molecular weight is 435 g/mol. The van der Waals surface area contributed by atoms with Gasteiger partial charge in [-0.2, -0.15) is 5.10 Å². The van der Waals surface area contributed by atoms with Crippen LogP contribution in [0.5, 0.6) is 0 Å². The summed E-state index contributed by atoms with van der Waals surface area (Å²) in [6.45, 7) is 4.82. The fraction of sp³-hybridized carbons (Fsp3) is 0.208. The molecule has 158 valence electrons. The zero-order valence-corrected chi connectivity index (χ0v) is 18.2. The lowest BCUT2D eigenvalue weighted by Crippen LogP contribution is -2.33. The fourth-order valence-electron chi connectivity index (χ4n) is 3.76. The maximum atomic E-state index is 13.1. The molecular formula is C24H23ClN4O2. The number of benzene rings is 2. The van der Waals surface area contributed by atoms with Crippen LogP contribution in [-0.2, 0) is 24.4 Å². The van der Waals surface area contributed by atoms with E-state index in [0.717, 1.165) is 27.9 Å². The van der Waals surface area contributed by atoms with E-state index in [1.54, 1.807) is 18.3 Å². The molecule has 0 saturated carbocycles. The Bertz CT molecular complexity index is 1290. The Balaban J connectivity index is 1.56. The molecule has 1 N–H and O–H groups in total. The Morgan fingerprint density at radius 1 is 1.00 bits per heavy atom. The van der Waals surface area contributed by atoms with Crippen molar-refractivity contribution in [3.05, 3.63) is 98.7 Å². The van der Waals surface area contributed by atoms with Gasteiger partial charge >= 0.3 is 0 Å². The van der Waals surface area contributed by atoms with Gasteiger partial charge < -0.3 is 9.88 Å². The van der Waals surface area contributed by atoms with Crippen molar-refractivity contribution in [2.24, 2.45) is 0 Å². The van der Waals surface area contributed by atoms with E-state index in [2.05, 4.69) is 27.1 Å². The number of hydrogen-bond acceptors (Lipinski definition) is 3. The Kier molecular flexibility index (Phi) is 5.91. The van der Waals surface area contributed by atoms with Gasteiger partial charge in [0, 0.05) is 34.9 Å². The summed E-state index contributed by atoms with van der Waals surface area (Å²) in [5, 5.41) is 9.13. The topological polar surface area (TPSA) is 68.9 Å². The number of halogens is 1. The number of aryl methyl sites for hydroxylation is 2. The summed E-state index contributed by atoms with van der Waals surface area (Å²) in [7, 11) is 0. The highest BCUT2D eigenvalue weighted by Crippen LogP contribution is 2.23. The van der Waals surface area contributed by atoms with Crippen molar-refractivity contribution >= 4 is 28.3 Å². The van der Waals surface area contributed by atoms with Gasteiger partial charge in [0.25, 0.3) is 5.56 Å². The van der Waals surface area contributed by atoms with Crippen molar-refractivity contribution in [2.45, 2.75) is 33.5 Å². The third-order valence-electron chi connectivity index (χ3n) is 5.49. The van der Waals surface area contributed by atoms with Crippen LogP contribution in [0.4, 0.5) is 0 Å². The van der Waals surface area contributed by atoms with Crippen LogP contribution in [0.3, 0.4) is 0 Å². The molecule has 2 heterocycles. The fourth-order valence-corrected chi connectivity index (χ4v) is 3.88. The van der Waals surface area contributed by atoms with E-state index in [0.29, 0.717) is 23.5 Å². The average Bonchev–Trinajstić information content (AvgIpc) is 3.01. The molecule has 0 aliphatic carbocycles. The van der Waals surface area contributed by atoms with Gasteiger partial charge in [-0.15, -0.1) is 0 Å². The highest BCUT2D eigenvalue weighted by Gasteiger charge is 2.17. The number of amides is 1. The maximum Gasteiger partial charge on any atom is 0.276 e. The minimum absolute atomic E-state index is 0.134. The molecule has 7 heteroatoms. The van der Waals surface area contributed by atoms with Crippen molar-refractivity contribution < 1.29 is 4.79 Å². The molecule has 6 nitrogen and oxygen atoms in total. The summed E-state index contributed by atoms with van der Waals surface area (Å²) in [6.07, 6.45) is 1.67. The van der Waals surface area contributed by atoms with Crippen LogP contribution >= 0.6 is 11.6 Å². The van der Waals surface area contributed by atoms with Crippen molar-refractivity contribution in [1.82, 2.24) is 19.7 Å². The predicted octanol–water partition coefficient (Wildman–Crippen LogP) is 3.83. The first-order chi connectivity index (χ1) is 14.9. The molecule has 0 spiro atoms. The lowest BCUT2D eigenvalue weighted by atomic mass is 10.2. The SMILES string of the molecule is Cc1c2cnn(CC(=O)NCc3ccc(Cl)cc3)c(=O)c2c(C)n1Cc1ccccc1. The first kappa shape index (κ1) is 20.9. The number of fused-ring (bicyclic) bond motifs is 1. The lowest BCUT2D eigenvalue weighted by molar-refractivity contribution is -0.122. The lowest BCUT2D eigenvalue weighted by Gasteiger charge is -2.09. The summed E-state index contributed by atoms with van der Waals surface area (Å²) >= 11 is 5.88. The molecule has 0 bridgehead atoms. The van der Waals surface area contributed by atoms with E-state index >= 15 is 0 Å². The summed E-state index contributed by atoms with van der Waals surface area (Å²) in [5.41, 5.74) is 3.69. The first-order valence-corrected chi connectivity index (χ1v) is 10.4. The Hall–Kier alpha value is -3.38. The van der Waals surface area contributed by atoms with Crippen LogP contribution in [0.15, 0.2) is 65.6 Å². The van der Waals surface area contributed by atoms with Crippen LogP contribution in [0.2, 0.25) is 5.02 Å². The van der Waals surface area contributed by atoms with Gasteiger partial charge in [-0.05, 0) is 37.1 Å². The molecular weight excluding hydrogens is 412 g/mol. The minimum atomic E-state index is -0.276. The minimum Gasteiger partial charge on any atom is -0.350 e. The second-order valence-electron chi connectivity index (χ2n) is 7.54.